The number of hydrogen-bond acceptors (Lipinski definition) is 1. The minimum absolute atomic E-state index is 0.177. The van der Waals surface area contributed by atoms with Gasteiger partial charge in [-0.1, -0.05) is 42.5 Å². The van der Waals surface area contributed by atoms with Crippen molar-refractivity contribution in [3.63, 3.8) is 0 Å². The summed E-state index contributed by atoms with van der Waals surface area (Å²) in [6, 6.07) is 16.8. The molecule has 0 amide bonds. The SMILES string of the molecule is [CH2]C(CC#N)Cc1cccc2ccccc12. The Balaban J connectivity index is 2.34. The van der Waals surface area contributed by atoms with Crippen molar-refractivity contribution in [3.05, 3.63) is 55.0 Å². The highest BCUT2D eigenvalue weighted by atomic mass is 14.2. The smallest absolute Gasteiger partial charge is 0.0624 e. The molecule has 2 aromatic carbocycles. The van der Waals surface area contributed by atoms with Crippen molar-refractivity contribution >= 4 is 10.8 Å². The zero-order chi connectivity index (χ0) is 11.4. The van der Waals surface area contributed by atoms with E-state index >= 15 is 0 Å². The van der Waals surface area contributed by atoms with Crippen molar-refractivity contribution < 1.29 is 0 Å². The van der Waals surface area contributed by atoms with Gasteiger partial charge in [0.05, 0.1) is 6.07 Å². The number of nitrogens with zero attached hydrogens (tertiary/aromatic N) is 1. The van der Waals surface area contributed by atoms with Crippen LogP contribution in [0.15, 0.2) is 42.5 Å². The van der Waals surface area contributed by atoms with E-state index in [1.807, 2.05) is 12.1 Å². The van der Waals surface area contributed by atoms with E-state index in [1.54, 1.807) is 0 Å². The number of hydrogen-bond donors (Lipinski definition) is 0. The molecule has 2 rings (SSSR count). The monoisotopic (exact) mass is 208 g/mol. The van der Waals surface area contributed by atoms with E-state index in [4.69, 9.17) is 5.26 Å². The van der Waals surface area contributed by atoms with Crippen LogP contribution in [-0.2, 0) is 6.42 Å². The minimum atomic E-state index is 0.177. The summed E-state index contributed by atoms with van der Waals surface area (Å²) in [5.74, 6) is 0.177. The maximum Gasteiger partial charge on any atom is 0.0624 e. The molecule has 1 unspecified atom stereocenters. The van der Waals surface area contributed by atoms with E-state index < -0.39 is 0 Å². The molecule has 0 aliphatic rings. The van der Waals surface area contributed by atoms with Crippen LogP contribution < -0.4 is 0 Å². The van der Waals surface area contributed by atoms with Gasteiger partial charge in [-0.15, -0.1) is 0 Å². The first-order chi connectivity index (χ1) is 7.81. The van der Waals surface area contributed by atoms with Crippen molar-refractivity contribution in [2.75, 3.05) is 0 Å². The minimum Gasteiger partial charge on any atom is -0.198 e. The molecule has 79 valence electrons. The van der Waals surface area contributed by atoms with Crippen molar-refractivity contribution in [3.8, 4) is 6.07 Å². The van der Waals surface area contributed by atoms with Crippen LogP contribution in [0.5, 0.6) is 0 Å². The Bertz CT molecular complexity index is 517. The lowest BCUT2D eigenvalue weighted by Crippen LogP contribution is -1.99. The Morgan fingerprint density at radius 2 is 1.88 bits per heavy atom. The van der Waals surface area contributed by atoms with Gasteiger partial charge in [0.15, 0.2) is 0 Å². The summed E-state index contributed by atoms with van der Waals surface area (Å²) in [5, 5.41) is 11.2. The maximum absolute atomic E-state index is 8.64. The average Bonchev–Trinajstić information content (AvgIpc) is 2.30. The summed E-state index contributed by atoms with van der Waals surface area (Å²) in [7, 11) is 0. The summed E-state index contributed by atoms with van der Waals surface area (Å²) in [6.07, 6.45) is 1.39. The van der Waals surface area contributed by atoms with Crippen LogP contribution in [0.4, 0.5) is 0 Å². The molecule has 0 N–H and O–H groups in total. The topological polar surface area (TPSA) is 23.8 Å². The van der Waals surface area contributed by atoms with Crippen LogP contribution in [0, 0.1) is 24.2 Å². The molecule has 0 bridgehead atoms. The van der Waals surface area contributed by atoms with Crippen LogP contribution in [0.2, 0.25) is 0 Å². The molecule has 1 atom stereocenters. The molecule has 1 radical (unpaired) electrons. The lowest BCUT2D eigenvalue weighted by atomic mass is 9.94. The van der Waals surface area contributed by atoms with Gasteiger partial charge in [-0.3, -0.25) is 0 Å². The molecular formula is C15H14N. The fraction of sp³-hybridized carbons (Fsp3) is 0.200. The second-order valence-corrected chi connectivity index (χ2v) is 4.07. The summed E-state index contributed by atoms with van der Waals surface area (Å²) in [4.78, 5) is 0. The van der Waals surface area contributed by atoms with Gasteiger partial charge in [0.1, 0.15) is 0 Å². The molecule has 0 aliphatic heterocycles. The Morgan fingerprint density at radius 1 is 1.12 bits per heavy atom. The highest BCUT2D eigenvalue weighted by Crippen LogP contribution is 2.21. The van der Waals surface area contributed by atoms with Crippen LogP contribution in [0.25, 0.3) is 10.8 Å². The molecule has 0 fully saturated rings. The van der Waals surface area contributed by atoms with Crippen LogP contribution in [0.3, 0.4) is 0 Å². The molecular weight excluding hydrogens is 194 g/mol. The van der Waals surface area contributed by atoms with Crippen LogP contribution in [-0.4, -0.2) is 0 Å². The second-order valence-electron chi connectivity index (χ2n) is 4.07. The molecule has 0 heterocycles. The summed E-state index contributed by atoms with van der Waals surface area (Å²) in [6.45, 7) is 4.01. The zero-order valence-corrected chi connectivity index (χ0v) is 9.19. The Labute approximate surface area is 96.3 Å². The van der Waals surface area contributed by atoms with Crippen LogP contribution >= 0.6 is 0 Å². The lowest BCUT2D eigenvalue weighted by Gasteiger charge is -2.10. The van der Waals surface area contributed by atoms with E-state index in [0.717, 1.165) is 6.42 Å². The fourth-order valence-electron chi connectivity index (χ4n) is 1.98. The Kier molecular flexibility index (Phi) is 3.22. The molecule has 1 heteroatoms. The first-order valence-corrected chi connectivity index (χ1v) is 5.48. The van der Waals surface area contributed by atoms with Gasteiger partial charge in [0.2, 0.25) is 0 Å². The molecule has 0 saturated carbocycles. The Morgan fingerprint density at radius 3 is 2.69 bits per heavy atom. The molecule has 0 aromatic heterocycles. The number of benzene rings is 2. The Hall–Kier alpha value is -1.81. The number of fused-ring (bicyclic) bond motifs is 1. The normalized spacial score (nSPS) is 12.2. The first-order valence-electron chi connectivity index (χ1n) is 5.48. The average molecular weight is 208 g/mol. The van der Waals surface area contributed by atoms with Crippen molar-refractivity contribution in [2.24, 2.45) is 5.92 Å². The summed E-state index contributed by atoms with van der Waals surface area (Å²) >= 11 is 0. The standard InChI is InChI=1S/C15H14N/c1-12(9-10-16)11-14-7-4-6-13-5-2-3-8-15(13)14/h2-8,12H,1,9,11H2. The van der Waals surface area contributed by atoms with Crippen LogP contribution in [0.1, 0.15) is 12.0 Å². The van der Waals surface area contributed by atoms with Gasteiger partial charge >= 0.3 is 0 Å². The summed E-state index contributed by atoms with van der Waals surface area (Å²) in [5.41, 5.74) is 1.29. The lowest BCUT2D eigenvalue weighted by molar-refractivity contribution is 0.664. The van der Waals surface area contributed by atoms with Crippen molar-refractivity contribution in [2.45, 2.75) is 12.8 Å². The van der Waals surface area contributed by atoms with Crippen molar-refractivity contribution in [1.82, 2.24) is 0 Å². The first kappa shape index (κ1) is 10.7. The fourth-order valence-corrected chi connectivity index (χ4v) is 1.98. The second kappa shape index (κ2) is 4.81. The third-order valence-corrected chi connectivity index (χ3v) is 2.77. The maximum atomic E-state index is 8.64. The van der Waals surface area contributed by atoms with Gasteiger partial charge in [-0.25, -0.2) is 0 Å². The zero-order valence-electron chi connectivity index (χ0n) is 9.19. The van der Waals surface area contributed by atoms with Gasteiger partial charge in [-0.05, 0) is 35.6 Å². The molecule has 0 saturated heterocycles. The van der Waals surface area contributed by atoms with Gasteiger partial charge in [0.25, 0.3) is 0 Å². The van der Waals surface area contributed by atoms with E-state index in [9.17, 15) is 0 Å². The highest BCUT2D eigenvalue weighted by molar-refractivity contribution is 5.85. The van der Waals surface area contributed by atoms with E-state index in [-0.39, 0.29) is 5.92 Å². The van der Waals surface area contributed by atoms with E-state index in [1.165, 1.54) is 16.3 Å². The van der Waals surface area contributed by atoms with E-state index in [2.05, 4.69) is 43.3 Å². The third kappa shape index (κ3) is 2.23. The number of nitriles is 1. The van der Waals surface area contributed by atoms with Gasteiger partial charge < -0.3 is 0 Å². The molecule has 16 heavy (non-hydrogen) atoms. The largest absolute Gasteiger partial charge is 0.198 e. The highest BCUT2D eigenvalue weighted by Gasteiger charge is 2.05. The van der Waals surface area contributed by atoms with Crippen molar-refractivity contribution in [1.29, 1.82) is 5.26 Å². The van der Waals surface area contributed by atoms with Gasteiger partial charge in [-0.2, -0.15) is 5.26 Å². The third-order valence-electron chi connectivity index (χ3n) is 2.77. The predicted molar refractivity (Wildman–Crippen MR) is 66.7 cm³/mol. The predicted octanol–water partition coefficient (Wildman–Crippen LogP) is 3.75. The van der Waals surface area contributed by atoms with Gasteiger partial charge in [0, 0.05) is 6.42 Å². The molecule has 0 aliphatic carbocycles. The number of rotatable bonds is 3. The van der Waals surface area contributed by atoms with E-state index in [0.29, 0.717) is 6.42 Å². The summed E-state index contributed by atoms with van der Waals surface area (Å²) < 4.78 is 0. The molecule has 0 spiro atoms. The molecule has 2 aromatic rings. The molecule has 1 nitrogen and oxygen atoms in total. The quantitative estimate of drug-likeness (QED) is 0.753.